The normalized spacial score (nSPS) is 12.0. The quantitative estimate of drug-likeness (QED) is 0.273. The summed E-state index contributed by atoms with van der Waals surface area (Å²) in [6, 6.07) is 10.9. The maximum Gasteiger partial charge on any atom is 0.260 e. The van der Waals surface area contributed by atoms with Gasteiger partial charge in [-0.3, -0.25) is 9.59 Å². The van der Waals surface area contributed by atoms with Gasteiger partial charge >= 0.3 is 0 Å². The van der Waals surface area contributed by atoms with Crippen molar-refractivity contribution >= 4 is 56.5 Å². The van der Waals surface area contributed by atoms with E-state index >= 15 is 0 Å². The molecule has 1 amide bonds. The van der Waals surface area contributed by atoms with Crippen LogP contribution in [-0.2, 0) is 4.79 Å². The van der Waals surface area contributed by atoms with Crippen molar-refractivity contribution in [1.29, 1.82) is 0 Å². The fourth-order valence-electron chi connectivity index (χ4n) is 3.06. The molecule has 2 aromatic heterocycles. The molecule has 2 N–H and O–H groups in total. The van der Waals surface area contributed by atoms with E-state index in [-0.39, 0.29) is 17.3 Å². The predicted molar refractivity (Wildman–Crippen MR) is 128 cm³/mol. The summed E-state index contributed by atoms with van der Waals surface area (Å²) in [7, 11) is 1.50. The second-order valence-corrected chi connectivity index (χ2v) is 9.43. The van der Waals surface area contributed by atoms with Gasteiger partial charge in [-0.05, 0) is 42.8 Å². The first-order valence-electron chi connectivity index (χ1n) is 9.44. The average molecular weight is 490 g/mol. The van der Waals surface area contributed by atoms with Crippen molar-refractivity contribution < 1.29 is 13.9 Å². The molecule has 0 fully saturated rings. The van der Waals surface area contributed by atoms with Crippen molar-refractivity contribution in [2.75, 3.05) is 12.4 Å². The van der Waals surface area contributed by atoms with E-state index in [0.717, 1.165) is 17.3 Å². The Balaban J connectivity index is 1.55. The first kappa shape index (κ1) is 22.3. The molecular weight excluding hydrogens is 473 g/mol. The lowest BCUT2D eigenvalue weighted by atomic mass is 10.1. The Bertz CT molecular complexity index is 1360. The lowest BCUT2D eigenvalue weighted by molar-refractivity contribution is -0.115. The minimum atomic E-state index is -0.559. The Morgan fingerprint density at radius 1 is 1.28 bits per heavy atom. The number of rotatable bonds is 6. The number of benzene rings is 2. The number of thiophene rings is 1. The van der Waals surface area contributed by atoms with Crippen LogP contribution in [0, 0.1) is 5.82 Å². The van der Waals surface area contributed by atoms with E-state index in [1.807, 2.05) is 5.38 Å². The highest BCUT2D eigenvalue weighted by Crippen LogP contribution is 2.33. The molecule has 0 saturated heterocycles. The van der Waals surface area contributed by atoms with Crippen molar-refractivity contribution in [1.82, 2.24) is 9.97 Å². The van der Waals surface area contributed by atoms with Gasteiger partial charge in [-0.1, -0.05) is 35.5 Å². The van der Waals surface area contributed by atoms with Crippen LogP contribution < -0.4 is 15.6 Å². The second-order valence-electron chi connectivity index (χ2n) is 6.80. The van der Waals surface area contributed by atoms with Crippen LogP contribution in [0.4, 0.5) is 10.1 Å². The number of nitrogens with zero attached hydrogens (tertiary/aromatic N) is 1. The van der Waals surface area contributed by atoms with Gasteiger partial charge in [0.2, 0.25) is 5.91 Å². The molecule has 1 unspecified atom stereocenters. The zero-order chi connectivity index (χ0) is 22.8. The molecule has 2 aromatic carbocycles. The number of H-pyrrole nitrogens is 1. The number of nitrogens with one attached hydrogen (secondary N) is 2. The third-order valence-corrected chi connectivity index (χ3v) is 6.75. The standard InChI is InChI=1S/C22H17ClFN3O3S2/c1-11(19(28)25-16-9-13(23)5-8-17(16)30-2)32-22-26-20(29)18-15(10-31-21(18)27-22)12-3-6-14(24)7-4-12/h3-11H,1-2H3,(H,25,28)(H,26,27,29). The van der Waals surface area contributed by atoms with Crippen molar-refractivity contribution in [2.24, 2.45) is 0 Å². The fraction of sp³-hybridized carbons (Fsp3) is 0.136. The second kappa shape index (κ2) is 9.32. The van der Waals surface area contributed by atoms with E-state index in [2.05, 4.69) is 15.3 Å². The number of hydrogen-bond acceptors (Lipinski definition) is 6. The fourth-order valence-corrected chi connectivity index (χ4v) is 5.03. The molecule has 164 valence electrons. The van der Waals surface area contributed by atoms with Gasteiger partial charge in [0.1, 0.15) is 16.4 Å². The number of aromatic amines is 1. The Kier molecular flexibility index (Phi) is 6.50. The SMILES string of the molecule is COc1ccc(Cl)cc1NC(=O)C(C)Sc1nc2scc(-c3ccc(F)cc3)c2c(=O)[nH]1. The molecule has 6 nitrogen and oxygen atoms in total. The van der Waals surface area contributed by atoms with Gasteiger partial charge in [0.05, 0.1) is 23.4 Å². The summed E-state index contributed by atoms with van der Waals surface area (Å²) in [4.78, 5) is 33.2. The topological polar surface area (TPSA) is 84.1 Å². The number of halogens is 2. The van der Waals surface area contributed by atoms with Crippen LogP contribution in [0.25, 0.3) is 21.3 Å². The van der Waals surface area contributed by atoms with Gasteiger partial charge in [-0.25, -0.2) is 9.37 Å². The lowest BCUT2D eigenvalue weighted by Crippen LogP contribution is -2.23. The van der Waals surface area contributed by atoms with Crippen LogP contribution in [0.5, 0.6) is 5.75 Å². The zero-order valence-electron chi connectivity index (χ0n) is 16.9. The molecule has 0 aliphatic heterocycles. The molecule has 0 radical (unpaired) electrons. The number of thioether (sulfide) groups is 1. The molecule has 10 heteroatoms. The molecule has 0 saturated carbocycles. The van der Waals surface area contributed by atoms with E-state index in [4.69, 9.17) is 16.3 Å². The Labute approximate surface area is 195 Å². The van der Waals surface area contributed by atoms with E-state index in [1.54, 1.807) is 37.3 Å². The smallest absolute Gasteiger partial charge is 0.260 e. The summed E-state index contributed by atoms with van der Waals surface area (Å²) in [6.45, 7) is 1.71. The maximum atomic E-state index is 13.2. The van der Waals surface area contributed by atoms with Gasteiger partial charge in [-0.15, -0.1) is 11.3 Å². The molecule has 32 heavy (non-hydrogen) atoms. The van der Waals surface area contributed by atoms with E-state index in [1.165, 1.54) is 30.6 Å². The lowest BCUT2D eigenvalue weighted by Gasteiger charge is -2.14. The average Bonchev–Trinajstić information content (AvgIpc) is 3.19. The van der Waals surface area contributed by atoms with E-state index in [9.17, 15) is 14.0 Å². The Hall–Kier alpha value is -2.88. The molecule has 2 heterocycles. The third-order valence-electron chi connectivity index (χ3n) is 4.65. The van der Waals surface area contributed by atoms with Crippen molar-refractivity contribution in [3.8, 4) is 16.9 Å². The highest BCUT2D eigenvalue weighted by Gasteiger charge is 2.20. The van der Waals surface area contributed by atoms with Gasteiger partial charge < -0.3 is 15.0 Å². The largest absolute Gasteiger partial charge is 0.495 e. The highest BCUT2D eigenvalue weighted by molar-refractivity contribution is 8.00. The Morgan fingerprint density at radius 3 is 2.75 bits per heavy atom. The van der Waals surface area contributed by atoms with Crippen LogP contribution in [0.1, 0.15) is 6.92 Å². The van der Waals surface area contributed by atoms with E-state index < -0.39 is 5.25 Å². The zero-order valence-corrected chi connectivity index (χ0v) is 19.3. The number of ether oxygens (including phenoxy) is 1. The van der Waals surface area contributed by atoms with Crippen LogP contribution in [0.15, 0.2) is 57.8 Å². The maximum absolute atomic E-state index is 13.2. The van der Waals surface area contributed by atoms with Gasteiger partial charge in [0, 0.05) is 16.0 Å². The summed E-state index contributed by atoms with van der Waals surface area (Å²) in [5.41, 5.74) is 1.56. The molecular formula is C22H17ClFN3O3S2. The van der Waals surface area contributed by atoms with Gasteiger partial charge in [0.25, 0.3) is 5.56 Å². The predicted octanol–water partition coefficient (Wildman–Crippen LogP) is 5.57. The van der Waals surface area contributed by atoms with Crippen LogP contribution in [0.3, 0.4) is 0 Å². The first-order chi connectivity index (χ1) is 15.4. The van der Waals surface area contributed by atoms with Crippen LogP contribution in [0.2, 0.25) is 5.02 Å². The highest BCUT2D eigenvalue weighted by atomic mass is 35.5. The van der Waals surface area contributed by atoms with Crippen molar-refractivity contribution in [3.05, 3.63) is 69.0 Å². The monoisotopic (exact) mass is 489 g/mol. The summed E-state index contributed by atoms with van der Waals surface area (Å²) in [6.07, 6.45) is 0. The number of fused-ring (bicyclic) bond motifs is 1. The molecule has 4 aromatic rings. The molecule has 4 rings (SSSR count). The molecule has 0 bridgehead atoms. The van der Waals surface area contributed by atoms with Gasteiger partial charge in [-0.2, -0.15) is 0 Å². The number of amides is 1. The number of aromatic nitrogens is 2. The summed E-state index contributed by atoms with van der Waals surface area (Å²) in [5, 5.41) is 5.27. The van der Waals surface area contributed by atoms with Crippen LogP contribution in [-0.4, -0.2) is 28.2 Å². The summed E-state index contributed by atoms with van der Waals surface area (Å²) < 4.78 is 18.5. The summed E-state index contributed by atoms with van der Waals surface area (Å²) in [5.74, 6) is -0.155. The third kappa shape index (κ3) is 4.64. The number of methoxy groups -OCH3 is 1. The molecule has 1 atom stereocenters. The van der Waals surface area contributed by atoms with Crippen molar-refractivity contribution in [2.45, 2.75) is 17.3 Å². The van der Waals surface area contributed by atoms with Crippen molar-refractivity contribution in [3.63, 3.8) is 0 Å². The molecule has 0 aliphatic rings. The van der Waals surface area contributed by atoms with Crippen LogP contribution >= 0.6 is 34.7 Å². The first-order valence-corrected chi connectivity index (χ1v) is 11.6. The number of anilines is 1. The van der Waals surface area contributed by atoms with Gasteiger partial charge in [0.15, 0.2) is 5.16 Å². The Morgan fingerprint density at radius 2 is 2.03 bits per heavy atom. The number of carbonyl (C=O) groups is 1. The number of hydrogen-bond donors (Lipinski definition) is 2. The molecule has 0 spiro atoms. The minimum absolute atomic E-state index is 0.295. The molecule has 0 aliphatic carbocycles. The summed E-state index contributed by atoms with van der Waals surface area (Å²) >= 11 is 8.46. The van der Waals surface area contributed by atoms with E-state index in [0.29, 0.717) is 37.4 Å². The minimum Gasteiger partial charge on any atom is -0.495 e. The number of carbonyl (C=O) groups excluding carboxylic acids is 1.